The smallest absolute Gasteiger partial charge is 0.227 e. The van der Waals surface area contributed by atoms with Gasteiger partial charge in [0.2, 0.25) is 11.8 Å². The molecule has 0 bridgehead atoms. The van der Waals surface area contributed by atoms with Gasteiger partial charge in [0, 0.05) is 31.2 Å². The zero-order chi connectivity index (χ0) is 16.9. The quantitative estimate of drug-likeness (QED) is 0.813. The summed E-state index contributed by atoms with van der Waals surface area (Å²) in [5, 5.41) is 6.30. The number of anilines is 1. The highest BCUT2D eigenvalue weighted by Crippen LogP contribution is 2.26. The van der Waals surface area contributed by atoms with Crippen molar-refractivity contribution in [3.63, 3.8) is 0 Å². The van der Waals surface area contributed by atoms with Crippen molar-refractivity contribution in [2.24, 2.45) is 5.92 Å². The maximum atomic E-state index is 12.4. The molecule has 2 aliphatic rings. The highest BCUT2D eigenvalue weighted by molar-refractivity contribution is 6.00. The molecule has 2 heterocycles. The van der Waals surface area contributed by atoms with Gasteiger partial charge >= 0.3 is 0 Å². The van der Waals surface area contributed by atoms with Crippen molar-refractivity contribution in [3.8, 4) is 0 Å². The first-order valence-corrected chi connectivity index (χ1v) is 9.07. The topological polar surface area (TPSA) is 61.4 Å². The molecular weight excluding hydrogens is 338 g/mol. The summed E-state index contributed by atoms with van der Waals surface area (Å²) >= 11 is 0. The molecule has 3 rings (SSSR count). The summed E-state index contributed by atoms with van der Waals surface area (Å²) in [7, 11) is 0. The number of halogens is 1. The molecule has 2 saturated heterocycles. The fraction of sp³-hybridized carbons (Fsp3) is 0.579. The van der Waals surface area contributed by atoms with Crippen molar-refractivity contribution in [1.29, 1.82) is 0 Å². The van der Waals surface area contributed by atoms with Gasteiger partial charge in [-0.05, 0) is 43.5 Å². The number of hydrogen-bond donors (Lipinski definition) is 2. The maximum absolute atomic E-state index is 12.4. The molecule has 0 saturated carbocycles. The second-order valence-electron chi connectivity index (χ2n) is 6.87. The molecule has 138 valence electrons. The number of aryl methyl sites for hydroxylation is 1. The predicted molar refractivity (Wildman–Crippen MR) is 102 cm³/mol. The van der Waals surface area contributed by atoms with E-state index in [4.69, 9.17) is 0 Å². The molecule has 25 heavy (non-hydrogen) atoms. The van der Waals surface area contributed by atoms with Crippen LogP contribution in [0.25, 0.3) is 0 Å². The standard InChI is InChI=1S/C19H27N3O2.ClH/c1-2-3-4-14-5-7-17(8-6-14)22-13-15(11-18(22)23)19(24)21-16-9-10-20-12-16;/h5-8,15-16,20H,2-4,9-13H2,1H3,(H,21,24);1H. The van der Waals surface area contributed by atoms with Crippen molar-refractivity contribution in [2.75, 3.05) is 24.5 Å². The van der Waals surface area contributed by atoms with Gasteiger partial charge in [0.1, 0.15) is 0 Å². The summed E-state index contributed by atoms with van der Waals surface area (Å²) in [5.74, 6) is -0.182. The summed E-state index contributed by atoms with van der Waals surface area (Å²) in [6, 6.07) is 8.40. The lowest BCUT2D eigenvalue weighted by Gasteiger charge is -2.18. The second-order valence-corrected chi connectivity index (χ2v) is 6.87. The number of carbonyl (C=O) groups is 2. The molecule has 1 aromatic rings. The van der Waals surface area contributed by atoms with E-state index in [1.54, 1.807) is 4.90 Å². The van der Waals surface area contributed by atoms with Crippen molar-refractivity contribution in [2.45, 2.75) is 45.1 Å². The van der Waals surface area contributed by atoms with Crippen LogP contribution in [-0.2, 0) is 16.0 Å². The molecule has 2 fully saturated rings. The Hall–Kier alpha value is -1.59. The lowest BCUT2D eigenvalue weighted by Crippen LogP contribution is -2.40. The Morgan fingerprint density at radius 1 is 1.32 bits per heavy atom. The number of rotatable bonds is 6. The van der Waals surface area contributed by atoms with E-state index in [0.29, 0.717) is 13.0 Å². The van der Waals surface area contributed by atoms with Crippen LogP contribution in [0.1, 0.15) is 38.2 Å². The Morgan fingerprint density at radius 3 is 2.72 bits per heavy atom. The third-order valence-electron chi connectivity index (χ3n) is 4.97. The lowest BCUT2D eigenvalue weighted by molar-refractivity contribution is -0.126. The minimum absolute atomic E-state index is 0. The van der Waals surface area contributed by atoms with Gasteiger partial charge in [-0.15, -0.1) is 12.4 Å². The Kier molecular flexibility index (Phi) is 7.26. The van der Waals surface area contributed by atoms with E-state index in [1.807, 2.05) is 12.1 Å². The van der Waals surface area contributed by atoms with Crippen molar-refractivity contribution >= 4 is 29.9 Å². The van der Waals surface area contributed by atoms with E-state index in [2.05, 4.69) is 29.7 Å². The van der Waals surface area contributed by atoms with Gasteiger partial charge in [-0.3, -0.25) is 9.59 Å². The molecule has 2 amide bonds. The van der Waals surface area contributed by atoms with Gasteiger partial charge in [-0.2, -0.15) is 0 Å². The molecule has 0 spiro atoms. The van der Waals surface area contributed by atoms with Crippen LogP contribution in [0.3, 0.4) is 0 Å². The van der Waals surface area contributed by atoms with Crippen LogP contribution in [0, 0.1) is 5.92 Å². The minimum Gasteiger partial charge on any atom is -0.352 e. The summed E-state index contributed by atoms with van der Waals surface area (Å²) < 4.78 is 0. The maximum Gasteiger partial charge on any atom is 0.227 e. The largest absolute Gasteiger partial charge is 0.352 e. The van der Waals surface area contributed by atoms with Gasteiger partial charge in [-0.1, -0.05) is 25.5 Å². The first-order chi connectivity index (χ1) is 11.7. The third kappa shape index (κ3) is 4.95. The molecule has 0 aliphatic carbocycles. The van der Waals surface area contributed by atoms with Crippen LogP contribution in [0.15, 0.2) is 24.3 Å². The molecule has 2 atom stereocenters. The minimum atomic E-state index is -0.238. The van der Waals surface area contributed by atoms with E-state index in [0.717, 1.165) is 31.6 Å². The molecule has 2 unspecified atom stereocenters. The van der Waals surface area contributed by atoms with Gasteiger partial charge in [0.25, 0.3) is 0 Å². The molecule has 6 heteroatoms. The fourth-order valence-electron chi connectivity index (χ4n) is 3.45. The Labute approximate surface area is 155 Å². The molecule has 1 aromatic carbocycles. The van der Waals surface area contributed by atoms with E-state index in [1.165, 1.54) is 18.4 Å². The van der Waals surface area contributed by atoms with E-state index < -0.39 is 0 Å². The summed E-state index contributed by atoms with van der Waals surface area (Å²) in [5.41, 5.74) is 2.20. The van der Waals surface area contributed by atoms with Crippen LogP contribution in [0.4, 0.5) is 5.69 Å². The van der Waals surface area contributed by atoms with E-state index >= 15 is 0 Å². The number of nitrogens with zero attached hydrogens (tertiary/aromatic N) is 1. The van der Waals surface area contributed by atoms with Gasteiger partial charge < -0.3 is 15.5 Å². The Balaban J connectivity index is 0.00000225. The predicted octanol–water partition coefficient (Wildman–Crippen LogP) is 2.28. The van der Waals surface area contributed by atoms with Crippen molar-refractivity contribution in [1.82, 2.24) is 10.6 Å². The summed E-state index contributed by atoms with van der Waals surface area (Å²) in [4.78, 5) is 26.4. The first-order valence-electron chi connectivity index (χ1n) is 9.07. The second kappa shape index (κ2) is 9.20. The van der Waals surface area contributed by atoms with Crippen LogP contribution in [-0.4, -0.2) is 37.5 Å². The number of hydrogen-bond acceptors (Lipinski definition) is 3. The monoisotopic (exact) mass is 365 g/mol. The molecule has 0 radical (unpaired) electrons. The molecule has 5 nitrogen and oxygen atoms in total. The van der Waals surface area contributed by atoms with E-state index in [-0.39, 0.29) is 36.2 Å². The average Bonchev–Trinajstić information content (AvgIpc) is 3.23. The van der Waals surface area contributed by atoms with Crippen LogP contribution in [0.2, 0.25) is 0 Å². The molecule has 2 N–H and O–H groups in total. The fourth-order valence-corrected chi connectivity index (χ4v) is 3.45. The van der Waals surface area contributed by atoms with Crippen LogP contribution >= 0.6 is 12.4 Å². The zero-order valence-electron chi connectivity index (χ0n) is 14.8. The van der Waals surface area contributed by atoms with Gasteiger partial charge in [0.05, 0.1) is 5.92 Å². The van der Waals surface area contributed by atoms with Gasteiger partial charge in [-0.25, -0.2) is 0 Å². The SMILES string of the molecule is CCCCc1ccc(N2CC(C(=O)NC3CCNC3)CC2=O)cc1.Cl. The number of carbonyl (C=O) groups excluding carboxylic acids is 2. The normalized spacial score (nSPS) is 22.8. The lowest BCUT2D eigenvalue weighted by atomic mass is 10.1. The van der Waals surface area contributed by atoms with E-state index in [9.17, 15) is 9.59 Å². The summed E-state index contributed by atoms with van der Waals surface area (Å²) in [6.45, 7) is 4.45. The van der Waals surface area contributed by atoms with Crippen molar-refractivity contribution < 1.29 is 9.59 Å². The number of benzene rings is 1. The van der Waals surface area contributed by atoms with Crippen LogP contribution in [0.5, 0.6) is 0 Å². The highest BCUT2D eigenvalue weighted by Gasteiger charge is 2.36. The third-order valence-corrected chi connectivity index (χ3v) is 4.97. The van der Waals surface area contributed by atoms with Gasteiger partial charge in [0.15, 0.2) is 0 Å². The number of nitrogens with one attached hydrogen (secondary N) is 2. The Bertz CT molecular complexity index is 585. The highest BCUT2D eigenvalue weighted by atomic mass is 35.5. The van der Waals surface area contributed by atoms with Crippen molar-refractivity contribution in [3.05, 3.63) is 29.8 Å². The Morgan fingerprint density at radius 2 is 2.08 bits per heavy atom. The first kappa shape index (κ1) is 19.7. The molecular formula is C19H28ClN3O2. The van der Waals surface area contributed by atoms with Crippen LogP contribution < -0.4 is 15.5 Å². The molecule has 2 aliphatic heterocycles. The number of amides is 2. The summed E-state index contributed by atoms with van der Waals surface area (Å²) in [6.07, 6.45) is 4.71. The number of unbranched alkanes of at least 4 members (excludes halogenated alkanes) is 1. The average molecular weight is 366 g/mol. The molecule has 0 aromatic heterocycles. The zero-order valence-corrected chi connectivity index (χ0v) is 15.6.